The molecule has 8 bridgehead atoms. The minimum absolute atomic E-state index is 0. The summed E-state index contributed by atoms with van der Waals surface area (Å²) in [5.41, 5.74) is 5.74. The van der Waals surface area contributed by atoms with E-state index in [1.165, 1.54) is 0 Å². The Balaban J connectivity index is 0.00000267. The van der Waals surface area contributed by atoms with Crippen LogP contribution in [0.2, 0.25) is 0 Å². The van der Waals surface area contributed by atoms with E-state index < -0.39 is 0 Å². The van der Waals surface area contributed by atoms with Crippen molar-refractivity contribution in [2.75, 3.05) is 0 Å². The van der Waals surface area contributed by atoms with Gasteiger partial charge in [-0.1, -0.05) is 84.9 Å². The number of phenolic OH excluding ortho intramolecular Hbond substituents is 1. The number of nitrogens with one attached hydrogen (secondary N) is 2. The van der Waals surface area contributed by atoms with E-state index in [-0.39, 0.29) is 25.9 Å². The van der Waals surface area contributed by atoms with E-state index in [0.29, 0.717) is 51.3 Å². The summed E-state index contributed by atoms with van der Waals surface area (Å²) >= 11 is 0. The SMILES string of the molecule is Oc1cccc2c3nc4nc(nc5[nH]c(nc6nc(nc([nH]3)c12)-c1ccccc1-6)c1ccccc51)-c1ccccc1-4.[Ir]. The molecule has 5 heterocycles. The Bertz CT molecular complexity index is 2410. The van der Waals surface area contributed by atoms with Crippen molar-refractivity contribution < 1.29 is 25.2 Å². The molecule has 0 saturated carbocycles. The van der Waals surface area contributed by atoms with Crippen LogP contribution in [0, 0.1) is 0 Å². The number of phenols is 1. The maximum Gasteiger partial charge on any atom is 0.164 e. The number of aromatic amines is 2. The summed E-state index contributed by atoms with van der Waals surface area (Å²) in [4.78, 5) is 36.3. The van der Waals surface area contributed by atoms with Gasteiger partial charge in [0.25, 0.3) is 0 Å². The fourth-order valence-corrected chi connectivity index (χ4v) is 5.67. The number of nitrogens with zero attached hydrogens (tertiary/aromatic N) is 6. The largest absolute Gasteiger partial charge is 0.507 e. The molecule has 3 aromatic heterocycles. The van der Waals surface area contributed by atoms with E-state index in [4.69, 9.17) is 29.9 Å². The van der Waals surface area contributed by atoms with Gasteiger partial charge in [-0.15, -0.1) is 0 Å². The van der Waals surface area contributed by atoms with Crippen molar-refractivity contribution >= 4 is 44.1 Å². The van der Waals surface area contributed by atoms with Gasteiger partial charge in [0.05, 0.1) is 5.39 Å². The molecule has 1 radical (unpaired) electrons. The van der Waals surface area contributed by atoms with Gasteiger partial charge < -0.3 is 15.1 Å². The fraction of sp³-hybridized carbons (Fsp3) is 0. The fourth-order valence-electron chi connectivity index (χ4n) is 5.67. The molecule has 2 aliphatic rings. The van der Waals surface area contributed by atoms with Crippen molar-refractivity contribution in [3.05, 3.63) is 91.0 Å². The quantitative estimate of drug-likeness (QED) is 0.162. The molecule has 9 nitrogen and oxygen atoms in total. The smallest absolute Gasteiger partial charge is 0.164 e. The summed E-state index contributed by atoms with van der Waals surface area (Å²) in [6.45, 7) is 0. The molecule has 0 amide bonds. The second-order valence-electron chi connectivity index (χ2n) is 9.95. The summed E-state index contributed by atoms with van der Waals surface area (Å²) in [5.74, 6) is 2.19. The first-order valence-corrected chi connectivity index (χ1v) is 13.1. The van der Waals surface area contributed by atoms with Crippen LogP contribution in [-0.4, -0.2) is 45.0 Å². The summed E-state index contributed by atoms with van der Waals surface area (Å²) in [7, 11) is 0. The molecule has 42 heavy (non-hydrogen) atoms. The van der Waals surface area contributed by atoms with E-state index in [9.17, 15) is 5.11 Å². The van der Waals surface area contributed by atoms with E-state index >= 15 is 0 Å². The van der Waals surface area contributed by atoms with Gasteiger partial charge in [-0.2, -0.15) is 0 Å². The maximum absolute atomic E-state index is 10.9. The molecule has 0 unspecified atom stereocenters. The monoisotopic (exact) mass is 723 g/mol. The second-order valence-corrected chi connectivity index (χ2v) is 9.95. The van der Waals surface area contributed by atoms with Crippen LogP contribution in [-0.2, 0) is 20.1 Å². The van der Waals surface area contributed by atoms with Crippen LogP contribution in [0.1, 0.15) is 0 Å². The van der Waals surface area contributed by atoms with Crippen molar-refractivity contribution in [1.29, 1.82) is 0 Å². The van der Waals surface area contributed by atoms with Gasteiger partial charge in [-0.3, -0.25) is 0 Å². The first-order chi connectivity index (χ1) is 20.2. The zero-order valence-electron chi connectivity index (χ0n) is 21.6. The van der Waals surface area contributed by atoms with Gasteiger partial charge in [0.2, 0.25) is 0 Å². The average Bonchev–Trinajstić information content (AvgIpc) is 3.73. The molecule has 0 aliphatic carbocycles. The van der Waals surface area contributed by atoms with Gasteiger partial charge >= 0.3 is 0 Å². The predicted octanol–water partition coefficient (Wildman–Crippen LogP) is 6.57. The standard InChI is InChI=1S/C32H18N8O.Ir/c41-23-15-7-14-22-24(23)32-39-30-21-13-6-5-12-20(21)28(37-30)35-26-17-9-2-1-8-16(17)25(33-26)34-27-18-10-3-4-11-19(18)29(36-27)38-31(22)40-32;/h1-15,41H,(H2,33,34,35,36,37,38,39,40);. The summed E-state index contributed by atoms with van der Waals surface area (Å²) < 4.78 is 0. The minimum atomic E-state index is 0. The number of aromatic hydroxyl groups is 1. The van der Waals surface area contributed by atoms with Crippen LogP contribution in [0.5, 0.6) is 5.75 Å². The zero-order valence-corrected chi connectivity index (χ0v) is 24.0. The predicted molar refractivity (Wildman–Crippen MR) is 158 cm³/mol. The molecule has 4 aromatic carbocycles. The van der Waals surface area contributed by atoms with Crippen LogP contribution >= 0.6 is 0 Å². The number of hydrogen-bond donors (Lipinski definition) is 3. The molecular formula is C32H18IrN8O. The molecule has 3 N–H and O–H groups in total. The Morgan fingerprint density at radius 1 is 0.405 bits per heavy atom. The Morgan fingerprint density at radius 3 is 1.29 bits per heavy atom. The molecule has 10 heteroatoms. The Labute approximate surface area is 250 Å². The number of H-pyrrole nitrogens is 2. The van der Waals surface area contributed by atoms with E-state index in [1.54, 1.807) is 12.1 Å². The third kappa shape index (κ3) is 3.52. The van der Waals surface area contributed by atoms with E-state index in [0.717, 1.165) is 38.4 Å². The van der Waals surface area contributed by atoms with Crippen molar-refractivity contribution in [2.45, 2.75) is 0 Å². The van der Waals surface area contributed by atoms with Gasteiger partial charge in [-0.25, -0.2) is 29.9 Å². The topological polar surface area (TPSA) is 129 Å². The van der Waals surface area contributed by atoms with Crippen LogP contribution in [0.4, 0.5) is 0 Å². The normalized spacial score (nSPS) is 11.7. The molecule has 0 saturated heterocycles. The Morgan fingerprint density at radius 2 is 0.786 bits per heavy atom. The van der Waals surface area contributed by atoms with Gasteiger partial charge in [0.15, 0.2) is 23.3 Å². The summed E-state index contributed by atoms with van der Waals surface area (Å²) in [6, 6.07) is 29.1. The van der Waals surface area contributed by atoms with Gasteiger partial charge in [0.1, 0.15) is 28.3 Å². The van der Waals surface area contributed by atoms with Crippen LogP contribution < -0.4 is 0 Å². The van der Waals surface area contributed by atoms with Crippen LogP contribution in [0.15, 0.2) is 91.0 Å². The van der Waals surface area contributed by atoms with E-state index in [2.05, 4.69) is 9.97 Å². The molecular weight excluding hydrogens is 705 g/mol. The molecule has 0 atom stereocenters. The third-order valence-electron chi connectivity index (χ3n) is 7.56. The zero-order chi connectivity index (χ0) is 27.1. The second kappa shape index (κ2) is 9.10. The number of aromatic nitrogens is 8. The number of hydrogen-bond acceptors (Lipinski definition) is 7. The Hall–Kier alpha value is -5.31. The number of benzene rings is 4. The summed E-state index contributed by atoms with van der Waals surface area (Å²) in [6.07, 6.45) is 0. The first kappa shape index (κ1) is 24.5. The van der Waals surface area contributed by atoms with Crippen molar-refractivity contribution in [2.24, 2.45) is 0 Å². The molecule has 2 aliphatic heterocycles. The molecule has 7 aromatic rings. The average molecular weight is 723 g/mol. The van der Waals surface area contributed by atoms with Gasteiger partial charge in [0, 0.05) is 58.5 Å². The molecule has 0 fully saturated rings. The molecule has 9 rings (SSSR count). The molecule has 0 spiro atoms. The maximum atomic E-state index is 10.9. The van der Waals surface area contributed by atoms with Gasteiger partial charge in [-0.05, 0) is 6.07 Å². The van der Waals surface area contributed by atoms with Crippen molar-refractivity contribution in [1.82, 2.24) is 39.9 Å². The summed E-state index contributed by atoms with van der Waals surface area (Å²) in [5, 5.41) is 14.0. The van der Waals surface area contributed by atoms with Crippen LogP contribution in [0.3, 0.4) is 0 Å². The van der Waals surface area contributed by atoms with E-state index in [1.807, 2.05) is 78.9 Å². The first-order valence-electron chi connectivity index (χ1n) is 13.1. The molecule has 201 valence electrons. The van der Waals surface area contributed by atoms with Crippen molar-refractivity contribution in [3.8, 4) is 51.3 Å². The number of fused-ring (bicyclic) bond motifs is 20. The third-order valence-corrected chi connectivity index (χ3v) is 7.56. The minimum Gasteiger partial charge on any atom is -0.507 e. The number of rotatable bonds is 0. The Kier molecular flexibility index (Phi) is 5.31. The van der Waals surface area contributed by atoms with Crippen molar-refractivity contribution in [3.63, 3.8) is 0 Å². The van der Waals surface area contributed by atoms with Crippen LogP contribution in [0.25, 0.3) is 89.7 Å².